The molecule has 2 heterocycles. The molecule has 9 heteroatoms. The Morgan fingerprint density at radius 2 is 1.61 bits per heavy atom. The zero-order chi connectivity index (χ0) is 16.3. The SMILES string of the molecule is Cl.O=C(O)[C@@H]1CN(CC(=O)N2CCCCCC2)C[C@H]1C(F)(F)F. The van der Waals surface area contributed by atoms with Gasteiger partial charge in [-0.3, -0.25) is 14.5 Å². The molecule has 2 rings (SSSR count). The highest BCUT2D eigenvalue weighted by Gasteiger charge is 2.52. The van der Waals surface area contributed by atoms with Crippen LogP contribution in [0.15, 0.2) is 0 Å². The van der Waals surface area contributed by atoms with Crippen LogP contribution in [-0.4, -0.2) is 65.7 Å². The van der Waals surface area contributed by atoms with Crippen LogP contribution in [0.25, 0.3) is 0 Å². The van der Waals surface area contributed by atoms with Gasteiger partial charge in [-0.15, -0.1) is 12.4 Å². The summed E-state index contributed by atoms with van der Waals surface area (Å²) in [6.45, 7) is 0.505. The summed E-state index contributed by atoms with van der Waals surface area (Å²) in [5, 5.41) is 8.96. The normalized spacial score (nSPS) is 26.5. The lowest BCUT2D eigenvalue weighted by atomic mass is 9.96. The average molecular weight is 359 g/mol. The van der Waals surface area contributed by atoms with Crippen LogP contribution in [-0.2, 0) is 9.59 Å². The van der Waals surface area contributed by atoms with Crippen LogP contribution in [0.3, 0.4) is 0 Å². The van der Waals surface area contributed by atoms with Gasteiger partial charge in [-0.25, -0.2) is 0 Å². The zero-order valence-electron chi connectivity index (χ0n) is 12.7. The number of carboxylic acids is 1. The fraction of sp³-hybridized carbons (Fsp3) is 0.857. The van der Waals surface area contributed by atoms with Crippen molar-refractivity contribution in [1.82, 2.24) is 9.80 Å². The summed E-state index contributed by atoms with van der Waals surface area (Å²) in [6, 6.07) is 0. The van der Waals surface area contributed by atoms with Gasteiger partial charge in [0.25, 0.3) is 0 Å². The van der Waals surface area contributed by atoms with Crippen molar-refractivity contribution in [3.8, 4) is 0 Å². The van der Waals surface area contributed by atoms with Crippen LogP contribution in [0, 0.1) is 11.8 Å². The van der Waals surface area contributed by atoms with Crippen LogP contribution in [0.4, 0.5) is 13.2 Å². The lowest BCUT2D eigenvalue weighted by Crippen LogP contribution is -2.40. The van der Waals surface area contributed by atoms with Crippen molar-refractivity contribution in [3.05, 3.63) is 0 Å². The molecule has 2 aliphatic heterocycles. The minimum Gasteiger partial charge on any atom is -0.481 e. The van der Waals surface area contributed by atoms with E-state index in [9.17, 15) is 22.8 Å². The van der Waals surface area contributed by atoms with Crippen molar-refractivity contribution in [1.29, 1.82) is 0 Å². The number of amides is 1. The summed E-state index contributed by atoms with van der Waals surface area (Å²) < 4.78 is 38.7. The van der Waals surface area contributed by atoms with Crippen molar-refractivity contribution in [3.63, 3.8) is 0 Å². The lowest BCUT2D eigenvalue weighted by Gasteiger charge is -2.24. The van der Waals surface area contributed by atoms with Gasteiger partial charge in [-0.05, 0) is 12.8 Å². The number of carboxylic acid groups (broad SMARTS) is 1. The highest BCUT2D eigenvalue weighted by Crippen LogP contribution is 2.37. The predicted molar refractivity (Wildman–Crippen MR) is 79.4 cm³/mol. The summed E-state index contributed by atoms with van der Waals surface area (Å²) in [4.78, 5) is 26.2. The third kappa shape index (κ3) is 5.24. The molecule has 2 saturated heterocycles. The second-order valence-corrected chi connectivity index (χ2v) is 6.08. The first-order chi connectivity index (χ1) is 10.3. The van der Waals surface area contributed by atoms with E-state index in [-0.39, 0.29) is 31.4 Å². The van der Waals surface area contributed by atoms with Crippen molar-refractivity contribution in [2.45, 2.75) is 31.9 Å². The van der Waals surface area contributed by atoms with Crippen LogP contribution in [0.2, 0.25) is 0 Å². The van der Waals surface area contributed by atoms with Gasteiger partial charge >= 0.3 is 12.1 Å². The molecule has 1 amide bonds. The molecule has 23 heavy (non-hydrogen) atoms. The Hall–Kier alpha value is -1.02. The number of hydrogen-bond donors (Lipinski definition) is 1. The molecular weight excluding hydrogens is 337 g/mol. The molecule has 2 aliphatic rings. The molecule has 0 aromatic carbocycles. The molecule has 0 aromatic heterocycles. The van der Waals surface area contributed by atoms with Crippen LogP contribution in [0.1, 0.15) is 25.7 Å². The topological polar surface area (TPSA) is 60.9 Å². The summed E-state index contributed by atoms with van der Waals surface area (Å²) in [5.41, 5.74) is 0. The number of hydrogen-bond acceptors (Lipinski definition) is 3. The summed E-state index contributed by atoms with van der Waals surface area (Å²) in [6.07, 6.45) is -0.609. The highest BCUT2D eigenvalue weighted by atomic mass is 35.5. The van der Waals surface area contributed by atoms with Gasteiger partial charge in [0.05, 0.1) is 18.4 Å². The maximum absolute atomic E-state index is 12.9. The van der Waals surface area contributed by atoms with Crippen molar-refractivity contribution >= 4 is 24.3 Å². The minimum atomic E-state index is -4.55. The molecular formula is C14H22ClF3N2O3. The first kappa shape index (κ1) is 20.0. The van der Waals surface area contributed by atoms with E-state index in [0.29, 0.717) is 13.1 Å². The Kier molecular flexibility index (Phi) is 7.13. The fourth-order valence-electron chi connectivity index (χ4n) is 3.21. The van der Waals surface area contributed by atoms with Gasteiger partial charge in [0, 0.05) is 26.2 Å². The molecule has 0 bridgehead atoms. The van der Waals surface area contributed by atoms with Gasteiger partial charge in [-0.1, -0.05) is 12.8 Å². The Bertz CT molecular complexity index is 426. The zero-order valence-corrected chi connectivity index (χ0v) is 13.5. The molecule has 0 saturated carbocycles. The lowest BCUT2D eigenvalue weighted by molar-refractivity contribution is -0.188. The molecule has 1 N–H and O–H groups in total. The van der Waals surface area contributed by atoms with E-state index in [1.54, 1.807) is 4.90 Å². The smallest absolute Gasteiger partial charge is 0.393 e. The van der Waals surface area contributed by atoms with Crippen molar-refractivity contribution < 1.29 is 27.9 Å². The van der Waals surface area contributed by atoms with E-state index in [1.807, 2.05) is 0 Å². The van der Waals surface area contributed by atoms with E-state index in [1.165, 1.54) is 4.90 Å². The molecule has 2 atom stereocenters. The minimum absolute atomic E-state index is 0. The van der Waals surface area contributed by atoms with Crippen molar-refractivity contribution in [2.75, 3.05) is 32.7 Å². The number of rotatable bonds is 3. The number of carbonyl (C=O) groups is 2. The average Bonchev–Trinajstić information content (AvgIpc) is 2.67. The molecule has 2 fully saturated rings. The van der Waals surface area contributed by atoms with E-state index in [2.05, 4.69) is 0 Å². The second kappa shape index (κ2) is 8.19. The van der Waals surface area contributed by atoms with Gasteiger partial charge in [-0.2, -0.15) is 13.2 Å². The Balaban J connectivity index is 0.00000264. The van der Waals surface area contributed by atoms with Crippen LogP contribution < -0.4 is 0 Å². The van der Waals surface area contributed by atoms with E-state index >= 15 is 0 Å². The Morgan fingerprint density at radius 3 is 2.04 bits per heavy atom. The first-order valence-corrected chi connectivity index (χ1v) is 7.58. The number of carbonyl (C=O) groups excluding carboxylic acids is 1. The monoisotopic (exact) mass is 358 g/mol. The maximum Gasteiger partial charge on any atom is 0.393 e. The fourth-order valence-corrected chi connectivity index (χ4v) is 3.21. The van der Waals surface area contributed by atoms with Crippen LogP contribution in [0.5, 0.6) is 0 Å². The van der Waals surface area contributed by atoms with E-state index < -0.39 is 30.5 Å². The number of nitrogens with zero attached hydrogens (tertiary/aromatic N) is 2. The molecule has 0 aromatic rings. The molecule has 0 spiro atoms. The molecule has 0 radical (unpaired) electrons. The standard InChI is InChI=1S/C14H21F3N2O3.ClH/c15-14(16,17)11-8-18(7-10(11)13(21)22)9-12(20)19-5-3-1-2-4-6-19;/h10-11H,1-9H2,(H,21,22);1H/t10-,11-;/m1./s1. The highest BCUT2D eigenvalue weighted by molar-refractivity contribution is 5.85. The number of alkyl halides is 3. The van der Waals surface area contributed by atoms with Gasteiger partial charge in [0.2, 0.25) is 5.91 Å². The molecule has 134 valence electrons. The van der Waals surface area contributed by atoms with E-state index in [0.717, 1.165) is 25.7 Å². The number of halogens is 4. The van der Waals surface area contributed by atoms with Gasteiger partial charge in [0.15, 0.2) is 0 Å². The predicted octanol–water partition coefficient (Wildman–Crippen LogP) is 2.01. The maximum atomic E-state index is 12.9. The Morgan fingerprint density at radius 1 is 1.04 bits per heavy atom. The van der Waals surface area contributed by atoms with Gasteiger partial charge in [0.1, 0.15) is 0 Å². The molecule has 0 unspecified atom stereocenters. The first-order valence-electron chi connectivity index (χ1n) is 7.58. The molecule has 0 aliphatic carbocycles. The summed E-state index contributed by atoms with van der Waals surface area (Å²) in [5.74, 6) is -5.04. The van der Waals surface area contributed by atoms with Gasteiger partial charge < -0.3 is 10.0 Å². The molecule has 5 nitrogen and oxygen atoms in total. The summed E-state index contributed by atoms with van der Waals surface area (Å²) in [7, 11) is 0. The summed E-state index contributed by atoms with van der Waals surface area (Å²) >= 11 is 0. The third-order valence-corrected chi connectivity index (χ3v) is 4.45. The number of aliphatic carboxylic acids is 1. The quantitative estimate of drug-likeness (QED) is 0.838. The van der Waals surface area contributed by atoms with E-state index in [4.69, 9.17) is 5.11 Å². The number of likely N-dealkylation sites (tertiary alicyclic amines) is 2. The Labute approximate surface area is 139 Å². The van der Waals surface area contributed by atoms with Crippen LogP contribution >= 0.6 is 12.4 Å². The largest absolute Gasteiger partial charge is 0.481 e. The third-order valence-electron chi connectivity index (χ3n) is 4.45. The van der Waals surface area contributed by atoms with Crippen molar-refractivity contribution in [2.24, 2.45) is 11.8 Å². The second-order valence-electron chi connectivity index (χ2n) is 6.08.